The van der Waals surface area contributed by atoms with Crippen molar-refractivity contribution in [3.8, 4) is 0 Å². The van der Waals surface area contributed by atoms with Crippen molar-refractivity contribution in [2.75, 3.05) is 6.54 Å². The lowest BCUT2D eigenvalue weighted by molar-refractivity contribution is -0.129. The number of rotatable bonds is 5. The van der Waals surface area contributed by atoms with Crippen LogP contribution in [0.25, 0.3) is 10.9 Å². The van der Waals surface area contributed by atoms with E-state index < -0.39 is 0 Å². The van der Waals surface area contributed by atoms with Crippen LogP contribution in [0.1, 0.15) is 18.3 Å². The minimum Gasteiger partial charge on any atom is -0.335 e. The smallest absolute Gasteiger partial charge is 0.258 e. The molecule has 0 radical (unpaired) electrons. The number of nitrogens with zero attached hydrogens (tertiary/aromatic N) is 2. The van der Waals surface area contributed by atoms with Gasteiger partial charge in [-0.15, -0.1) is 0 Å². The monoisotopic (exact) mass is 321 g/mol. The van der Waals surface area contributed by atoms with E-state index >= 15 is 0 Å². The molecule has 0 aliphatic heterocycles. The Morgan fingerprint density at radius 3 is 2.54 bits per heavy atom. The first-order chi connectivity index (χ1) is 11.6. The molecular weight excluding hydrogens is 302 g/mol. The number of nitrogens with one attached hydrogen (secondary N) is 1. The van der Waals surface area contributed by atoms with E-state index in [1.54, 1.807) is 23.1 Å². The first kappa shape index (κ1) is 15.9. The number of H-pyrrole nitrogens is 1. The van der Waals surface area contributed by atoms with Crippen molar-refractivity contribution >= 4 is 16.8 Å². The molecule has 2 aromatic carbocycles. The summed E-state index contributed by atoms with van der Waals surface area (Å²) in [6.07, 6.45) is 0.762. The van der Waals surface area contributed by atoms with E-state index in [9.17, 15) is 9.59 Å². The lowest BCUT2D eigenvalue weighted by atomic mass is 10.1. The van der Waals surface area contributed by atoms with Crippen molar-refractivity contribution in [2.24, 2.45) is 0 Å². The molecule has 0 saturated heterocycles. The Hall–Kier alpha value is -2.95. The molecular formula is C19H19N3O2. The van der Waals surface area contributed by atoms with Crippen molar-refractivity contribution in [3.63, 3.8) is 0 Å². The molecule has 0 aliphatic carbocycles. The van der Waals surface area contributed by atoms with E-state index in [2.05, 4.69) is 9.97 Å². The van der Waals surface area contributed by atoms with Gasteiger partial charge in [-0.1, -0.05) is 42.5 Å². The highest BCUT2D eigenvalue weighted by atomic mass is 16.2. The van der Waals surface area contributed by atoms with Crippen LogP contribution < -0.4 is 5.56 Å². The van der Waals surface area contributed by atoms with E-state index in [1.165, 1.54) is 12.5 Å². The number of fused-ring (bicyclic) bond motifs is 1. The second kappa shape index (κ2) is 7.08. The standard InChI is InChI=1S/C19H19N3O2/c1-14(23)22(12-11-15-7-3-2-4-8-15)13-18-20-17-10-6-5-9-16(17)19(24)21-18/h2-10H,11-13H2,1H3,(H,20,21,24). The van der Waals surface area contributed by atoms with Gasteiger partial charge in [0.1, 0.15) is 5.82 Å². The Bertz CT molecular complexity index is 903. The second-order valence-electron chi connectivity index (χ2n) is 5.71. The number of para-hydroxylation sites is 1. The molecule has 0 spiro atoms. The van der Waals surface area contributed by atoms with E-state index in [-0.39, 0.29) is 11.5 Å². The summed E-state index contributed by atoms with van der Waals surface area (Å²) in [5.41, 5.74) is 1.63. The van der Waals surface area contributed by atoms with Crippen LogP contribution in [-0.2, 0) is 17.8 Å². The van der Waals surface area contributed by atoms with Crippen LogP contribution in [0.5, 0.6) is 0 Å². The quantitative estimate of drug-likeness (QED) is 0.785. The molecule has 3 aromatic rings. The normalized spacial score (nSPS) is 10.7. The van der Waals surface area contributed by atoms with Crippen molar-refractivity contribution < 1.29 is 4.79 Å². The van der Waals surface area contributed by atoms with Crippen LogP contribution in [0.15, 0.2) is 59.4 Å². The molecule has 1 aromatic heterocycles. The topological polar surface area (TPSA) is 66.1 Å². The third-order valence-electron chi connectivity index (χ3n) is 3.96. The van der Waals surface area contributed by atoms with Crippen molar-refractivity contribution in [3.05, 3.63) is 76.3 Å². The summed E-state index contributed by atoms with van der Waals surface area (Å²) >= 11 is 0. The van der Waals surface area contributed by atoms with Crippen LogP contribution in [-0.4, -0.2) is 27.3 Å². The summed E-state index contributed by atoms with van der Waals surface area (Å²) in [5, 5.41) is 0.555. The van der Waals surface area contributed by atoms with Gasteiger partial charge in [0.2, 0.25) is 5.91 Å². The Balaban J connectivity index is 1.78. The predicted molar refractivity (Wildman–Crippen MR) is 93.6 cm³/mol. The fourth-order valence-corrected chi connectivity index (χ4v) is 2.65. The van der Waals surface area contributed by atoms with Crippen LogP contribution in [0.2, 0.25) is 0 Å². The maximum atomic E-state index is 12.1. The number of hydrogen-bond acceptors (Lipinski definition) is 3. The molecule has 0 unspecified atom stereocenters. The van der Waals surface area contributed by atoms with Gasteiger partial charge < -0.3 is 9.88 Å². The van der Waals surface area contributed by atoms with Crippen LogP contribution in [0.3, 0.4) is 0 Å². The van der Waals surface area contributed by atoms with E-state index in [0.29, 0.717) is 29.8 Å². The zero-order chi connectivity index (χ0) is 16.9. The summed E-state index contributed by atoms with van der Waals surface area (Å²) in [7, 11) is 0. The van der Waals surface area contributed by atoms with E-state index in [1.807, 2.05) is 36.4 Å². The van der Waals surface area contributed by atoms with Crippen molar-refractivity contribution in [1.82, 2.24) is 14.9 Å². The Morgan fingerprint density at radius 1 is 1.08 bits per heavy atom. The van der Waals surface area contributed by atoms with E-state index in [0.717, 1.165) is 6.42 Å². The van der Waals surface area contributed by atoms with Crippen LogP contribution in [0, 0.1) is 0 Å². The zero-order valence-corrected chi connectivity index (χ0v) is 13.5. The molecule has 5 nitrogen and oxygen atoms in total. The number of carbonyl (C=O) groups is 1. The highest BCUT2D eigenvalue weighted by Gasteiger charge is 2.12. The molecule has 3 rings (SSSR count). The molecule has 1 heterocycles. The summed E-state index contributed by atoms with van der Waals surface area (Å²) < 4.78 is 0. The molecule has 0 bridgehead atoms. The number of aromatic amines is 1. The molecule has 0 aliphatic rings. The summed E-state index contributed by atoms with van der Waals surface area (Å²) in [4.78, 5) is 33.0. The van der Waals surface area contributed by atoms with Crippen molar-refractivity contribution in [2.45, 2.75) is 19.9 Å². The minimum atomic E-state index is -0.179. The molecule has 5 heteroatoms. The fourth-order valence-electron chi connectivity index (χ4n) is 2.65. The molecule has 1 amide bonds. The number of hydrogen-bond donors (Lipinski definition) is 1. The van der Waals surface area contributed by atoms with Gasteiger partial charge in [-0.2, -0.15) is 0 Å². The lowest BCUT2D eigenvalue weighted by Gasteiger charge is -2.20. The average Bonchev–Trinajstić information content (AvgIpc) is 2.59. The third kappa shape index (κ3) is 3.68. The van der Waals surface area contributed by atoms with Gasteiger partial charge in [-0.25, -0.2) is 4.98 Å². The minimum absolute atomic E-state index is 0.0401. The van der Waals surface area contributed by atoms with E-state index in [4.69, 9.17) is 0 Å². The van der Waals surface area contributed by atoms with Gasteiger partial charge in [-0.05, 0) is 24.1 Å². The first-order valence-electron chi connectivity index (χ1n) is 7.91. The number of carbonyl (C=O) groups excluding carboxylic acids is 1. The molecule has 0 fully saturated rings. The summed E-state index contributed by atoms with van der Waals surface area (Å²) in [6.45, 7) is 2.41. The van der Waals surface area contributed by atoms with Gasteiger partial charge in [-0.3, -0.25) is 9.59 Å². The summed E-state index contributed by atoms with van der Waals surface area (Å²) in [5.74, 6) is 0.462. The molecule has 0 saturated carbocycles. The van der Waals surface area contributed by atoms with Crippen molar-refractivity contribution in [1.29, 1.82) is 0 Å². The van der Waals surface area contributed by atoms with Crippen LogP contribution in [0.4, 0.5) is 0 Å². The van der Waals surface area contributed by atoms with Gasteiger partial charge in [0.05, 0.1) is 17.4 Å². The highest BCUT2D eigenvalue weighted by molar-refractivity contribution is 5.77. The first-order valence-corrected chi connectivity index (χ1v) is 7.91. The fraction of sp³-hybridized carbons (Fsp3) is 0.211. The molecule has 0 atom stereocenters. The predicted octanol–water partition coefficient (Wildman–Crippen LogP) is 2.51. The number of benzene rings is 2. The highest BCUT2D eigenvalue weighted by Crippen LogP contribution is 2.08. The maximum Gasteiger partial charge on any atom is 0.258 e. The van der Waals surface area contributed by atoms with Gasteiger partial charge in [0.15, 0.2) is 0 Å². The second-order valence-corrected chi connectivity index (χ2v) is 5.71. The molecule has 24 heavy (non-hydrogen) atoms. The molecule has 122 valence electrons. The average molecular weight is 321 g/mol. The zero-order valence-electron chi connectivity index (χ0n) is 13.5. The van der Waals surface area contributed by atoms with Gasteiger partial charge in [0.25, 0.3) is 5.56 Å². The Labute approximate surface area is 140 Å². The Morgan fingerprint density at radius 2 is 1.79 bits per heavy atom. The van der Waals surface area contributed by atoms with Crippen LogP contribution >= 0.6 is 0 Å². The molecule has 1 N–H and O–H groups in total. The van der Waals surface area contributed by atoms with Gasteiger partial charge in [0, 0.05) is 13.5 Å². The number of aromatic nitrogens is 2. The number of amides is 1. The Kier molecular flexibility index (Phi) is 4.70. The summed E-state index contributed by atoms with van der Waals surface area (Å²) in [6, 6.07) is 17.2. The third-order valence-corrected chi connectivity index (χ3v) is 3.96. The largest absolute Gasteiger partial charge is 0.335 e. The van der Waals surface area contributed by atoms with Gasteiger partial charge >= 0.3 is 0 Å². The SMILES string of the molecule is CC(=O)N(CCc1ccccc1)Cc1nc2ccccc2c(=O)[nH]1. The lowest BCUT2D eigenvalue weighted by Crippen LogP contribution is -2.32. The maximum absolute atomic E-state index is 12.1.